The van der Waals surface area contributed by atoms with Gasteiger partial charge < -0.3 is 15.4 Å². The zero-order valence-corrected chi connectivity index (χ0v) is 13.7. The summed E-state index contributed by atoms with van der Waals surface area (Å²) in [5, 5.41) is 5.83. The lowest BCUT2D eigenvalue weighted by Gasteiger charge is -2.14. The number of carbonyl (C=O) groups is 1. The first kappa shape index (κ1) is 16.5. The van der Waals surface area contributed by atoms with Gasteiger partial charge in [-0.3, -0.25) is 4.98 Å². The molecule has 5 nitrogen and oxygen atoms in total. The van der Waals surface area contributed by atoms with Crippen molar-refractivity contribution in [2.24, 2.45) is 0 Å². The Kier molecular flexibility index (Phi) is 5.80. The van der Waals surface area contributed by atoms with Gasteiger partial charge in [0, 0.05) is 30.7 Å². The summed E-state index contributed by atoms with van der Waals surface area (Å²) in [5.74, 6) is 0. The Bertz CT molecular complexity index is 655. The fourth-order valence-electron chi connectivity index (χ4n) is 2.85. The average Bonchev–Trinajstić information content (AvgIpc) is 3.14. The molecule has 1 atom stereocenters. The summed E-state index contributed by atoms with van der Waals surface area (Å²) in [5.41, 5.74) is 3.00. The van der Waals surface area contributed by atoms with E-state index in [0.717, 1.165) is 49.2 Å². The molecule has 1 unspecified atom stereocenters. The first-order chi connectivity index (χ1) is 11.8. The molecule has 2 N–H and O–H groups in total. The number of aromatic nitrogens is 1. The number of para-hydroxylation sites is 1. The second kappa shape index (κ2) is 8.45. The highest BCUT2D eigenvalue weighted by atomic mass is 16.5. The molecule has 0 aliphatic carbocycles. The molecule has 2 aromatic rings. The molecule has 5 heteroatoms. The van der Waals surface area contributed by atoms with Gasteiger partial charge in [-0.2, -0.15) is 0 Å². The van der Waals surface area contributed by atoms with Gasteiger partial charge >= 0.3 is 6.03 Å². The van der Waals surface area contributed by atoms with Crippen LogP contribution in [0.5, 0.6) is 0 Å². The van der Waals surface area contributed by atoms with Gasteiger partial charge in [0.05, 0.1) is 6.10 Å². The first-order valence-electron chi connectivity index (χ1n) is 8.45. The largest absolute Gasteiger partial charge is 0.376 e. The molecule has 1 aromatic carbocycles. The van der Waals surface area contributed by atoms with Gasteiger partial charge in [0.1, 0.15) is 0 Å². The third-order valence-electron chi connectivity index (χ3n) is 4.16. The molecule has 1 aliphatic rings. The van der Waals surface area contributed by atoms with Crippen molar-refractivity contribution >= 4 is 11.7 Å². The molecule has 126 valence electrons. The number of anilines is 1. The van der Waals surface area contributed by atoms with E-state index in [9.17, 15) is 4.79 Å². The Labute approximate surface area is 142 Å². The average molecular weight is 325 g/mol. The van der Waals surface area contributed by atoms with Crippen molar-refractivity contribution in [2.75, 3.05) is 18.5 Å². The molecule has 0 saturated carbocycles. The van der Waals surface area contributed by atoms with Crippen molar-refractivity contribution in [3.05, 3.63) is 59.9 Å². The van der Waals surface area contributed by atoms with E-state index >= 15 is 0 Å². The maximum Gasteiger partial charge on any atom is 0.319 e. The Morgan fingerprint density at radius 3 is 2.83 bits per heavy atom. The second-order valence-electron chi connectivity index (χ2n) is 5.95. The molecule has 1 fully saturated rings. The number of nitrogens with zero attached hydrogens (tertiary/aromatic N) is 1. The Balaban J connectivity index is 1.54. The maximum atomic E-state index is 12.1. The molecule has 0 spiro atoms. The number of ether oxygens (including phenoxy) is 1. The van der Waals surface area contributed by atoms with Gasteiger partial charge in [0.25, 0.3) is 0 Å². The number of amides is 2. The van der Waals surface area contributed by atoms with E-state index < -0.39 is 0 Å². The Hall–Kier alpha value is -2.40. The van der Waals surface area contributed by atoms with Crippen LogP contribution in [0.2, 0.25) is 0 Å². The number of pyridine rings is 1. The summed E-state index contributed by atoms with van der Waals surface area (Å²) in [4.78, 5) is 16.4. The Morgan fingerprint density at radius 2 is 2.04 bits per heavy atom. The van der Waals surface area contributed by atoms with Crippen LogP contribution in [0.4, 0.5) is 10.5 Å². The quantitative estimate of drug-likeness (QED) is 0.857. The fourth-order valence-corrected chi connectivity index (χ4v) is 2.85. The minimum atomic E-state index is -0.184. The highest BCUT2D eigenvalue weighted by Gasteiger charge is 2.16. The van der Waals surface area contributed by atoms with Gasteiger partial charge in [-0.15, -0.1) is 0 Å². The smallest absolute Gasteiger partial charge is 0.319 e. The number of benzene rings is 1. The number of hydrogen-bond acceptors (Lipinski definition) is 3. The summed E-state index contributed by atoms with van der Waals surface area (Å²) in [6.07, 6.45) is 5.72. The number of carbonyl (C=O) groups excluding carboxylic acids is 1. The van der Waals surface area contributed by atoms with Crippen LogP contribution in [-0.2, 0) is 17.6 Å². The summed E-state index contributed by atoms with van der Waals surface area (Å²) in [6, 6.07) is 13.6. The SMILES string of the molecule is O=C(NCC1CCCO1)Nc1ccccc1CCc1ccccn1. The van der Waals surface area contributed by atoms with Crippen LogP contribution in [0.25, 0.3) is 0 Å². The summed E-state index contributed by atoms with van der Waals surface area (Å²) in [6.45, 7) is 1.35. The number of urea groups is 1. The molecule has 1 aromatic heterocycles. The van der Waals surface area contributed by atoms with Crippen LogP contribution >= 0.6 is 0 Å². The van der Waals surface area contributed by atoms with Crippen molar-refractivity contribution in [3.8, 4) is 0 Å². The van der Waals surface area contributed by atoms with Crippen molar-refractivity contribution in [2.45, 2.75) is 31.8 Å². The predicted molar refractivity (Wildman–Crippen MR) is 94.1 cm³/mol. The van der Waals surface area contributed by atoms with Gasteiger partial charge in [-0.05, 0) is 49.4 Å². The van der Waals surface area contributed by atoms with E-state index in [0.29, 0.717) is 6.54 Å². The van der Waals surface area contributed by atoms with Gasteiger partial charge in [0.15, 0.2) is 0 Å². The lowest BCUT2D eigenvalue weighted by atomic mass is 10.1. The molecule has 0 bridgehead atoms. The van der Waals surface area contributed by atoms with Crippen molar-refractivity contribution < 1.29 is 9.53 Å². The highest BCUT2D eigenvalue weighted by molar-refractivity contribution is 5.90. The number of nitrogens with one attached hydrogen (secondary N) is 2. The van der Waals surface area contributed by atoms with E-state index in [1.807, 2.05) is 42.5 Å². The standard InChI is InChI=1S/C19H23N3O2/c23-19(21-14-17-8-5-13-24-17)22-18-9-2-1-6-15(18)10-11-16-7-3-4-12-20-16/h1-4,6-7,9,12,17H,5,8,10-11,13-14H2,(H2,21,22,23). The summed E-state index contributed by atoms with van der Waals surface area (Å²) >= 11 is 0. The minimum Gasteiger partial charge on any atom is -0.376 e. The normalized spacial score (nSPS) is 16.8. The minimum absolute atomic E-state index is 0.148. The van der Waals surface area contributed by atoms with Crippen molar-refractivity contribution in [3.63, 3.8) is 0 Å². The third kappa shape index (κ3) is 4.80. The molecule has 2 amide bonds. The highest BCUT2D eigenvalue weighted by Crippen LogP contribution is 2.17. The monoisotopic (exact) mass is 325 g/mol. The molecule has 3 rings (SSSR count). The molecule has 0 radical (unpaired) electrons. The fraction of sp³-hybridized carbons (Fsp3) is 0.368. The third-order valence-corrected chi connectivity index (χ3v) is 4.16. The molecule has 2 heterocycles. The maximum absolute atomic E-state index is 12.1. The summed E-state index contributed by atoms with van der Waals surface area (Å²) in [7, 11) is 0. The lowest BCUT2D eigenvalue weighted by Crippen LogP contribution is -2.35. The van der Waals surface area contributed by atoms with Gasteiger partial charge in [-0.1, -0.05) is 24.3 Å². The zero-order valence-electron chi connectivity index (χ0n) is 13.7. The van der Waals surface area contributed by atoms with Crippen LogP contribution in [0, 0.1) is 0 Å². The van der Waals surface area contributed by atoms with E-state index in [4.69, 9.17) is 4.74 Å². The number of aryl methyl sites for hydroxylation is 2. The van der Waals surface area contributed by atoms with E-state index in [2.05, 4.69) is 15.6 Å². The Morgan fingerprint density at radius 1 is 1.17 bits per heavy atom. The molecular weight excluding hydrogens is 302 g/mol. The van der Waals surface area contributed by atoms with Crippen molar-refractivity contribution in [1.82, 2.24) is 10.3 Å². The van der Waals surface area contributed by atoms with E-state index in [-0.39, 0.29) is 12.1 Å². The van der Waals surface area contributed by atoms with Crippen LogP contribution in [0.15, 0.2) is 48.7 Å². The van der Waals surface area contributed by atoms with Crippen LogP contribution in [-0.4, -0.2) is 30.3 Å². The lowest BCUT2D eigenvalue weighted by molar-refractivity contribution is 0.112. The van der Waals surface area contributed by atoms with Crippen LogP contribution in [0.1, 0.15) is 24.1 Å². The van der Waals surface area contributed by atoms with Gasteiger partial charge in [-0.25, -0.2) is 4.79 Å². The van der Waals surface area contributed by atoms with E-state index in [1.54, 1.807) is 6.20 Å². The molecule has 24 heavy (non-hydrogen) atoms. The topological polar surface area (TPSA) is 63.2 Å². The predicted octanol–water partition coefficient (Wildman–Crippen LogP) is 3.17. The number of rotatable bonds is 6. The van der Waals surface area contributed by atoms with Gasteiger partial charge in [0.2, 0.25) is 0 Å². The van der Waals surface area contributed by atoms with Crippen LogP contribution in [0.3, 0.4) is 0 Å². The molecule has 1 saturated heterocycles. The number of hydrogen-bond donors (Lipinski definition) is 2. The molecular formula is C19H23N3O2. The first-order valence-corrected chi connectivity index (χ1v) is 8.45. The van der Waals surface area contributed by atoms with E-state index in [1.165, 1.54) is 0 Å². The van der Waals surface area contributed by atoms with Crippen LogP contribution < -0.4 is 10.6 Å². The molecule has 1 aliphatic heterocycles. The zero-order chi connectivity index (χ0) is 16.6. The second-order valence-corrected chi connectivity index (χ2v) is 5.95. The van der Waals surface area contributed by atoms with Crippen molar-refractivity contribution in [1.29, 1.82) is 0 Å². The summed E-state index contributed by atoms with van der Waals surface area (Å²) < 4.78 is 5.52.